The van der Waals surface area contributed by atoms with E-state index in [4.69, 9.17) is 12.2 Å². The largest absolute Gasteiger partial charge is 0.508 e. The van der Waals surface area contributed by atoms with Gasteiger partial charge < -0.3 is 10.2 Å². The standard InChI is InChI=1S/C11H11I2NO3S/c1-7(18)14(13)11(12,10(16)17)6-8-2-4-9(15)5-3-8/h2-5,15H,6H2,1H3,(H,16,17)/t11-/m0/s1. The predicted molar refractivity (Wildman–Crippen MR) is 90.3 cm³/mol. The van der Waals surface area contributed by atoms with Crippen LogP contribution in [0.2, 0.25) is 0 Å². The molecular formula is C11H11I2NO3S. The van der Waals surface area contributed by atoms with Gasteiger partial charge in [-0.15, -0.1) is 0 Å². The number of hydrogen-bond acceptors (Lipinski definition) is 3. The van der Waals surface area contributed by atoms with E-state index in [0.717, 1.165) is 5.56 Å². The number of halogens is 2. The Kier molecular flexibility index (Phi) is 5.59. The van der Waals surface area contributed by atoms with Crippen molar-refractivity contribution in [3.8, 4) is 5.75 Å². The third-order valence-corrected chi connectivity index (χ3v) is 6.60. The van der Waals surface area contributed by atoms with E-state index in [1.807, 2.05) is 45.5 Å². The number of carboxylic acid groups (broad SMARTS) is 1. The van der Waals surface area contributed by atoms with Crippen molar-refractivity contribution in [3.63, 3.8) is 0 Å². The summed E-state index contributed by atoms with van der Waals surface area (Å²) in [5, 5.41) is 18.6. The van der Waals surface area contributed by atoms with Crippen molar-refractivity contribution in [2.75, 3.05) is 0 Å². The first-order chi connectivity index (χ1) is 8.27. The van der Waals surface area contributed by atoms with E-state index < -0.39 is 9.51 Å². The number of aliphatic carboxylic acids is 1. The molecule has 0 aromatic heterocycles. The number of benzene rings is 1. The minimum absolute atomic E-state index is 0.158. The molecule has 0 saturated heterocycles. The minimum Gasteiger partial charge on any atom is -0.508 e. The second-order valence-electron chi connectivity index (χ2n) is 3.71. The summed E-state index contributed by atoms with van der Waals surface area (Å²) in [5.74, 6) is -0.791. The highest BCUT2D eigenvalue weighted by atomic mass is 127. The fourth-order valence-electron chi connectivity index (χ4n) is 1.36. The first-order valence-electron chi connectivity index (χ1n) is 4.94. The van der Waals surface area contributed by atoms with Crippen molar-refractivity contribution in [1.82, 2.24) is 3.11 Å². The molecule has 1 atom stereocenters. The maximum Gasteiger partial charge on any atom is 0.341 e. The number of nitrogens with zero attached hydrogens (tertiary/aromatic N) is 1. The van der Waals surface area contributed by atoms with Gasteiger partial charge in [-0.2, -0.15) is 0 Å². The summed E-state index contributed by atoms with van der Waals surface area (Å²) in [6.07, 6.45) is 0.292. The van der Waals surface area contributed by atoms with Gasteiger partial charge in [0.15, 0.2) is 0 Å². The summed E-state index contributed by atoms with van der Waals surface area (Å²) < 4.78 is 0.400. The predicted octanol–water partition coefficient (Wildman–Crippen LogP) is 3.15. The van der Waals surface area contributed by atoms with Crippen LogP contribution >= 0.6 is 57.7 Å². The first kappa shape index (κ1) is 15.9. The molecule has 0 radical (unpaired) electrons. The van der Waals surface area contributed by atoms with Crippen LogP contribution in [0.5, 0.6) is 5.75 Å². The Balaban J connectivity index is 3.03. The number of carboxylic acids is 1. The van der Waals surface area contributed by atoms with Crippen molar-refractivity contribution in [3.05, 3.63) is 29.8 Å². The van der Waals surface area contributed by atoms with Crippen molar-refractivity contribution in [2.24, 2.45) is 0 Å². The summed E-state index contributed by atoms with van der Waals surface area (Å²) in [6, 6.07) is 6.48. The maximum absolute atomic E-state index is 11.5. The molecule has 0 aliphatic rings. The molecule has 4 nitrogen and oxygen atoms in total. The van der Waals surface area contributed by atoms with Crippen molar-refractivity contribution in [2.45, 2.75) is 16.9 Å². The highest BCUT2D eigenvalue weighted by Gasteiger charge is 2.41. The Labute approximate surface area is 138 Å². The molecule has 0 saturated carbocycles. The average molecular weight is 491 g/mol. The summed E-state index contributed by atoms with van der Waals surface area (Å²) in [7, 11) is 0. The van der Waals surface area contributed by atoms with Crippen LogP contribution in [-0.2, 0) is 11.2 Å². The van der Waals surface area contributed by atoms with Crippen LogP contribution in [0.4, 0.5) is 0 Å². The molecule has 1 aromatic rings. The Bertz CT molecular complexity index is 466. The zero-order chi connectivity index (χ0) is 13.9. The minimum atomic E-state index is -1.14. The molecule has 98 valence electrons. The van der Waals surface area contributed by atoms with E-state index in [0.29, 0.717) is 11.4 Å². The van der Waals surface area contributed by atoms with Gasteiger partial charge in [-0.1, -0.05) is 24.4 Å². The zero-order valence-corrected chi connectivity index (χ0v) is 14.6. The van der Waals surface area contributed by atoms with Crippen molar-refractivity contribution < 1.29 is 15.0 Å². The summed E-state index contributed by atoms with van der Waals surface area (Å²) in [5.41, 5.74) is 0.822. The average Bonchev–Trinajstić information content (AvgIpc) is 2.30. The number of hydrogen-bond donors (Lipinski definition) is 2. The van der Waals surface area contributed by atoms with Crippen molar-refractivity contribution >= 4 is 68.6 Å². The quantitative estimate of drug-likeness (QED) is 0.223. The van der Waals surface area contributed by atoms with E-state index in [1.165, 1.54) is 15.2 Å². The molecule has 0 aliphatic carbocycles. The summed E-state index contributed by atoms with van der Waals surface area (Å²) in [6.45, 7) is 1.69. The third-order valence-electron chi connectivity index (χ3n) is 2.29. The fourth-order valence-corrected chi connectivity index (χ4v) is 2.86. The molecule has 0 spiro atoms. The van der Waals surface area contributed by atoms with Gasteiger partial charge in [0, 0.05) is 6.42 Å². The van der Waals surface area contributed by atoms with Gasteiger partial charge in [0.05, 0.1) is 27.9 Å². The smallest absolute Gasteiger partial charge is 0.341 e. The number of alkyl halides is 1. The van der Waals surface area contributed by atoms with Crippen LogP contribution in [0, 0.1) is 0 Å². The third kappa shape index (κ3) is 3.67. The van der Waals surface area contributed by atoms with E-state index >= 15 is 0 Å². The monoisotopic (exact) mass is 491 g/mol. The number of phenols is 1. The van der Waals surface area contributed by atoms with E-state index in [1.54, 1.807) is 19.1 Å². The van der Waals surface area contributed by atoms with E-state index in [-0.39, 0.29) is 5.75 Å². The number of thiocarbonyl (C=S) groups is 1. The Hall–Kier alpha value is -0.160. The van der Waals surface area contributed by atoms with Gasteiger partial charge in [0.25, 0.3) is 0 Å². The lowest BCUT2D eigenvalue weighted by Crippen LogP contribution is -2.47. The molecule has 7 heteroatoms. The van der Waals surface area contributed by atoms with Gasteiger partial charge >= 0.3 is 5.97 Å². The van der Waals surface area contributed by atoms with Gasteiger partial charge in [-0.25, -0.2) is 4.79 Å². The summed E-state index contributed by atoms with van der Waals surface area (Å²) >= 11 is 8.83. The SMILES string of the molecule is CC(=S)N(I)[C@@](I)(Cc1ccc(O)cc1)C(=O)O. The van der Waals surface area contributed by atoms with Gasteiger partial charge in [0.2, 0.25) is 3.55 Å². The van der Waals surface area contributed by atoms with Gasteiger partial charge in [0.1, 0.15) is 5.75 Å². The fraction of sp³-hybridized carbons (Fsp3) is 0.273. The molecule has 1 rings (SSSR count). The van der Waals surface area contributed by atoms with Crippen LogP contribution < -0.4 is 0 Å². The topological polar surface area (TPSA) is 60.8 Å². The Morgan fingerprint density at radius 2 is 1.94 bits per heavy atom. The van der Waals surface area contributed by atoms with Crippen LogP contribution in [0.3, 0.4) is 0 Å². The lowest BCUT2D eigenvalue weighted by Gasteiger charge is -2.32. The van der Waals surface area contributed by atoms with E-state index in [2.05, 4.69) is 0 Å². The number of carbonyl (C=O) groups is 1. The molecule has 2 N–H and O–H groups in total. The molecule has 0 heterocycles. The second-order valence-corrected chi connectivity index (χ2v) is 7.05. The maximum atomic E-state index is 11.5. The molecular weight excluding hydrogens is 480 g/mol. The highest BCUT2D eigenvalue weighted by molar-refractivity contribution is 14.1. The van der Waals surface area contributed by atoms with Gasteiger partial charge in [-0.05, 0) is 47.2 Å². The second kappa shape index (κ2) is 6.33. The molecule has 0 unspecified atom stereocenters. The van der Waals surface area contributed by atoms with Crippen LogP contribution in [-0.4, -0.2) is 27.8 Å². The molecule has 0 fully saturated rings. The van der Waals surface area contributed by atoms with Gasteiger partial charge in [-0.3, -0.25) is 3.11 Å². The van der Waals surface area contributed by atoms with Crippen molar-refractivity contribution in [1.29, 1.82) is 0 Å². The van der Waals surface area contributed by atoms with Crippen LogP contribution in [0.15, 0.2) is 24.3 Å². The molecule has 0 amide bonds. The summed E-state index contributed by atoms with van der Waals surface area (Å²) in [4.78, 5) is 12.0. The highest BCUT2D eigenvalue weighted by Crippen LogP contribution is 2.33. The lowest BCUT2D eigenvalue weighted by atomic mass is 10.1. The first-order valence-corrected chi connectivity index (χ1v) is 7.39. The zero-order valence-electron chi connectivity index (χ0n) is 9.43. The number of phenolic OH excluding ortho intramolecular Hbond substituents is 1. The number of rotatable bonds is 4. The molecule has 0 bridgehead atoms. The Morgan fingerprint density at radius 1 is 1.44 bits per heavy atom. The molecule has 0 aliphatic heterocycles. The lowest BCUT2D eigenvalue weighted by molar-refractivity contribution is -0.140. The van der Waals surface area contributed by atoms with Crippen LogP contribution in [0.25, 0.3) is 0 Å². The van der Waals surface area contributed by atoms with E-state index in [9.17, 15) is 15.0 Å². The normalized spacial score (nSPS) is 13.7. The Morgan fingerprint density at radius 3 is 2.33 bits per heavy atom. The number of aromatic hydroxyl groups is 1. The molecule has 1 aromatic carbocycles. The molecule has 18 heavy (non-hydrogen) atoms. The van der Waals surface area contributed by atoms with Crippen LogP contribution in [0.1, 0.15) is 12.5 Å².